The first kappa shape index (κ1) is 13.5. The fraction of sp³-hybridized carbons (Fsp3) is 0.385. The molecule has 0 saturated heterocycles. The lowest BCUT2D eigenvalue weighted by Gasteiger charge is -2.20. The number of benzene rings is 1. The Hall–Kier alpha value is -1.92. The van der Waals surface area contributed by atoms with Gasteiger partial charge >= 0.3 is 0 Å². The second-order valence-corrected chi connectivity index (χ2v) is 4.32. The smallest absolute Gasteiger partial charge is 0.124 e. The number of hydrogen-bond acceptors (Lipinski definition) is 5. The number of aryl methyl sites for hydroxylation is 2. The zero-order valence-corrected chi connectivity index (χ0v) is 11.4. The predicted molar refractivity (Wildman–Crippen MR) is 72.6 cm³/mol. The second kappa shape index (κ2) is 5.81. The number of nitrogens with zero attached hydrogens (tertiary/aromatic N) is 3. The third kappa shape index (κ3) is 2.59. The summed E-state index contributed by atoms with van der Waals surface area (Å²) in [6.07, 6.45) is 1.72. The second-order valence-electron chi connectivity index (χ2n) is 4.32. The molecule has 1 aromatic carbocycles. The van der Waals surface area contributed by atoms with Crippen LogP contribution in [0, 0.1) is 6.92 Å². The van der Waals surface area contributed by atoms with E-state index in [9.17, 15) is 0 Å². The van der Waals surface area contributed by atoms with Crippen molar-refractivity contribution in [3.8, 4) is 5.75 Å². The van der Waals surface area contributed by atoms with Gasteiger partial charge in [-0.15, -0.1) is 5.10 Å². The highest BCUT2D eigenvalue weighted by atomic mass is 16.5. The number of nitrogens with two attached hydrogens (primary N) is 1. The standard InChI is InChI=1S/C13H19N5O/c1-4-18-11(8-15-17-18)13(16-14)10-7-9(2)5-6-12(10)19-3/h5-8,13,16H,4,14H2,1-3H3. The Kier molecular flexibility index (Phi) is 4.13. The average molecular weight is 261 g/mol. The Morgan fingerprint density at radius 1 is 1.47 bits per heavy atom. The molecule has 0 bridgehead atoms. The molecule has 0 aliphatic heterocycles. The summed E-state index contributed by atoms with van der Waals surface area (Å²) < 4.78 is 7.22. The fourth-order valence-electron chi connectivity index (χ4n) is 2.15. The van der Waals surface area contributed by atoms with Crippen LogP contribution in [-0.4, -0.2) is 22.1 Å². The molecule has 0 aliphatic carbocycles. The largest absolute Gasteiger partial charge is 0.496 e. The maximum atomic E-state index is 5.72. The molecule has 0 aliphatic rings. The molecule has 19 heavy (non-hydrogen) atoms. The van der Waals surface area contributed by atoms with Crippen LogP contribution in [0.1, 0.15) is 29.8 Å². The Morgan fingerprint density at radius 2 is 2.26 bits per heavy atom. The van der Waals surface area contributed by atoms with Gasteiger partial charge in [0.25, 0.3) is 0 Å². The summed E-state index contributed by atoms with van der Waals surface area (Å²) in [6.45, 7) is 4.78. The zero-order chi connectivity index (χ0) is 13.8. The van der Waals surface area contributed by atoms with Crippen molar-refractivity contribution in [1.82, 2.24) is 20.4 Å². The first-order valence-corrected chi connectivity index (χ1v) is 6.20. The molecule has 2 aromatic rings. The van der Waals surface area contributed by atoms with E-state index < -0.39 is 0 Å². The van der Waals surface area contributed by atoms with Crippen LogP contribution in [0.3, 0.4) is 0 Å². The minimum absolute atomic E-state index is 0.204. The molecular formula is C13H19N5O. The Labute approximate surface area is 112 Å². The van der Waals surface area contributed by atoms with E-state index in [-0.39, 0.29) is 6.04 Å². The molecule has 0 saturated carbocycles. The van der Waals surface area contributed by atoms with Crippen LogP contribution >= 0.6 is 0 Å². The van der Waals surface area contributed by atoms with Crippen LogP contribution in [0.25, 0.3) is 0 Å². The zero-order valence-electron chi connectivity index (χ0n) is 11.4. The van der Waals surface area contributed by atoms with Crippen molar-refractivity contribution in [2.75, 3.05) is 7.11 Å². The Balaban J connectivity index is 2.50. The highest BCUT2D eigenvalue weighted by Gasteiger charge is 2.21. The number of ether oxygens (including phenoxy) is 1. The summed E-state index contributed by atoms with van der Waals surface area (Å²) in [4.78, 5) is 0. The highest BCUT2D eigenvalue weighted by molar-refractivity contribution is 5.42. The van der Waals surface area contributed by atoms with E-state index in [0.29, 0.717) is 0 Å². The lowest BCUT2D eigenvalue weighted by atomic mass is 10.0. The molecule has 1 atom stereocenters. The highest BCUT2D eigenvalue weighted by Crippen LogP contribution is 2.29. The monoisotopic (exact) mass is 261 g/mol. The Bertz CT molecular complexity index is 552. The predicted octanol–water partition coefficient (Wildman–Crippen LogP) is 1.17. The quantitative estimate of drug-likeness (QED) is 0.624. The summed E-state index contributed by atoms with van der Waals surface area (Å²) in [6, 6.07) is 5.79. The number of aromatic nitrogens is 3. The summed E-state index contributed by atoms with van der Waals surface area (Å²) in [5.74, 6) is 6.51. The van der Waals surface area contributed by atoms with Crippen molar-refractivity contribution in [2.45, 2.75) is 26.4 Å². The topological polar surface area (TPSA) is 78.0 Å². The van der Waals surface area contributed by atoms with Crippen molar-refractivity contribution < 1.29 is 4.74 Å². The van der Waals surface area contributed by atoms with Gasteiger partial charge in [0.15, 0.2) is 0 Å². The molecule has 0 amide bonds. The summed E-state index contributed by atoms with van der Waals surface area (Å²) >= 11 is 0. The molecule has 6 nitrogen and oxygen atoms in total. The molecular weight excluding hydrogens is 242 g/mol. The molecule has 102 valence electrons. The molecule has 1 unspecified atom stereocenters. The van der Waals surface area contributed by atoms with Crippen molar-refractivity contribution in [3.63, 3.8) is 0 Å². The third-order valence-electron chi connectivity index (χ3n) is 3.11. The Morgan fingerprint density at radius 3 is 2.89 bits per heavy atom. The average Bonchev–Trinajstić information content (AvgIpc) is 2.88. The molecule has 2 rings (SSSR count). The number of rotatable bonds is 5. The normalized spacial score (nSPS) is 12.4. The summed E-state index contributed by atoms with van der Waals surface area (Å²) in [5.41, 5.74) is 5.85. The maximum Gasteiger partial charge on any atom is 0.124 e. The third-order valence-corrected chi connectivity index (χ3v) is 3.11. The van der Waals surface area contributed by atoms with Gasteiger partial charge in [0.05, 0.1) is 25.0 Å². The van der Waals surface area contributed by atoms with Crippen LogP contribution in [0.15, 0.2) is 24.4 Å². The lowest BCUT2D eigenvalue weighted by Crippen LogP contribution is -2.31. The van der Waals surface area contributed by atoms with E-state index in [4.69, 9.17) is 10.6 Å². The van der Waals surface area contributed by atoms with Gasteiger partial charge in [0.1, 0.15) is 5.75 Å². The SMILES string of the molecule is CCn1nncc1C(NN)c1cc(C)ccc1OC. The molecule has 0 radical (unpaired) electrons. The minimum Gasteiger partial charge on any atom is -0.496 e. The van der Waals surface area contributed by atoms with E-state index in [0.717, 1.165) is 29.1 Å². The number of nitrogens with one attached hydrogen (secondary N) is 1. The number of methoxy groups -OCH3 is 1. The van der Waals surface area contributed by atoms with Gasteiger partial charge in [-0.1, -0.05) is 22.9 Å². The molecule has 0 spiro atoms. The number of hydrazine groups is 1. The first-order chi connectivity index (χ1) is 9.21. The lowest BCUT2D eigenvalue weighted by molar-refractivity contribution is 0.402. The van der Waals surface area contributed by atoms with Gasteiger partial charge in [-0.05, 0) is 19.9 Å². The van der Waals surface area contributed by atoms with Gasteiger partial charge in [-0.2, -0.15) is 0 Å². The van der Waals surface area contributed by atoms with E-state index >= 15 is 0 Å². The molecule has 0 fully saturated rings. The van der Waals surface area contributed by atoms with Crippen LogP contribution < -0.4 is 16.0 Å². The van der Waals surface area contributed by atoms with Gasteiger partial charge in [-0.3, -0.25) is 5.84 Å². The molecule has 3 N–H and O–H groups in total. The van der Waals surface area contributed by atoms with Crippen LogP contribution in [0.4, 0.5) is 0 Å². The van der Waals surface area contributed by atoms with Crippen molar-refractivity contribution in [3.05, 3.63) is 41.2 Å². The maximum absolute atomic E-state index is 5.72. The van der Waals surface area contributed by atoms with Crippen LogP contribution in [0.5, 0.6) is 5.75 Å². The van der Waals surface area contributed by atoms with E-state index in [1.54, 1.807) is 13.3 Å². The van der Waals surface area contributed by atoms with E-state index in [1.165, 1.54) is 0 Å². The summed E-state index contributed by atoms with van der Waals surface area (Å²) in [7, 11) is 1.65. The molecule has 1 heterocycles. The van der Waals surface area contributed by atoms with E-state index in [1.807, 2.05) is 30.7 Å². The van der Waals surface area contributed by atoms with Gasteiger partial charge < -0.3 is 4.74 Å². The van der Waals surface area contributed by atoms with Gasteiger partial charge in [0.2, 0.25) is 0 Å². The molecule has 1 aromatic heterocycles. The van der Waals surface area contributed by atoms with Crippen molar-refractivity contribution in [1.29, 1.82) is 0 Å². The van der Waals surface area contributed by atoms with Crippen molar-refractivity contribution >= 4 is 0 Å². The van der Waals surface area contributed by atoms with Crippen LogP contribution in [-0.2, 0) is 6.54 Å². The van der Waals surface area contributed by atoms with Crippen LogP contribution in [0.2, 0.25) is 0 Å². The van der Waals surface area contributed by atoms with Gasteiger partial charge in [-0.25, -0.2) is 10.1 Å². The summed E-state index contributed by atoms with van der Waals surface area (Å²) in [5, 5.41) is 7.98. The molecule has 6 heteroatoms. The fourth-order valence-corrected chi connectivity index (χ4v) is 2.15. The minimum atomic E-state index is -0.204. The first-order valence-electron chi connectivity index (χ1n) is 6.20. The van der Waals surface area contributed by atoms with Crippen molar-refractivity contribution in [2.24, 2.45) is 5.84 Å². The van der Waals surface area contributed by atoms with Gasteiger partial charge in [0, 0.05) is 12.1 Å². The number of hydrogen-bond donors (Lipinski definition) is 2. The van der Waals surface area contributed by atoms with E-state index in [2.05, 4.69) is 21.8 Å².